The Morgan fingerprint density at radius 2 is 1.36 bits per heavy atom. The van der Waals surface area contributed by atoms with Crippen molar-refractivity contribution in [1.82, 2.24) is 10.1 Å². The summed E-state index contributed by atoms with van der Waals surface area (Å²) in [6.45, 7) is 0. The minimum absolute atomic E-state index is 0.318. The lowest BCUT2D eigenvalue weighted by atomic mass is 10.3. The molecule has 7 nitrogen and oxygen atoms in total. The van der Waals surface area contributed by atoms with Crippen molar-refractivity contribution in [3.63, 3.8) is 0 Å². The molecule has 7 heteroatoms. The molecule has 1 aliphatic rings. The minimum Gasteiger partial charge on any atom is -0.277 e. The van der Waals surface area contributed by atoms with E-state index in [-0.39, 0.29) is 10.1 Å². The molecule has 0 aromatic rings. The number of barbiturate groups is 1. The molecule has 0 bridgehead atoms. The molecule has 0 unspecified atom stereocenters. The average Bonchev–Trinajstić information content (AvgIpc) is 1.97. The van der Waals surface area contributed by atoms with Gasteiger partial charge >= 0.3 is 6.03 Å². The fraction of sp³-hybridized carbons (Fsp3) is 0.250. The summed E-state index contributed by atoms with van der Waals surface area (Å²) in [5.74, 6) is -2.10. The summed E-state index contributed by atoms with van der Waals surface area (Å²) >= 11 is 0. The first-order valence-electron chi connectivity index (χ1n) is 2.61. The Balaban J connectivity index is 2.87. The first-order valence-corrected chi connectivity index (χ1v) is 2.61. The van der Waals surface area contributed by atoms with E-state index < -0.39 is 24.3 Å². The standard InChI is InChI=1S/C4H4N2O5/c7-2-1-3(8)6(11)4(9)5(2)10/h10-11H,1H2. The van der Waals surface area contributed by atoms with Crippen molar-refractivity contribution < 1.29 is 24.8 Å². The third-order valence-electron chi connectivity index (χ3n) is 1.14. The maximum absolute atomic E-state index is 10.5. The number of rotatable bonds is 0. The summed E-state index contributed by atoms with van der Waals surface area (Å²) in [4.78, 5) is 31.4. The molecular weight excluding hydrogens is 156 g/mol. The summed E-state index contributed by atoms with van der Waals surface area (Å²) in [6.07, 6.45) is -0.710. The van der Waals surface area contributed by atoms with Gasteiger partial charge in [0.25, 0.3) is 11.8 Å². The molecule has 0 atom stereocenters. The number of carbonyl (C=O) groups excluding carboxylic acids is 3. The maximum atomic E-state index is 10.5. The van der Waals surface area contributed by atoms with Gasteiger partial charge in [-0.15, -0.1) is 10.1 Å². The Kier molecular flexibility index (Phi) is 1.59. The number of hydroxylamine groups is 4. The predicted molar refractivity (Wildman–Crippen MR) is 27.3 cm³/mol. The quantitative estimate of drug-likeness (QED) is 0.348. The lowest BCUT2D eigenvalue weighted by Crippen LogP contribution is -2.52. The highest BCUT2D eigenvalue weighted by molar-refractivity contribution is 6.12. The molecular formula is C4H4N2O5. The van der Waals surface area contributed by atoms with E-state index in [0.29, 0.717) is 0 Å². The molecule has 1 aliphatic heterocycles. The van der Waals surface area contributed by atoms with E-state index in [4.69, 9.17) is 10.4 Å². The number of hydrogen-bond acceptors (Lipinski definition) is 5. The second-order valence-electron chi connectivity index (χ2n) is 1.87. The summed E-state index contributed by atoms with van der Waals surface area (Å²) in [7, 11) is 0. The second-order valence-corrected chi connectivity index (χ2v) is 1.87. The fourth-order valence-corrected chi connectivity index (χ4v) is 0.582. The van der Waals surface area contributed by atoms with E-state index in [9.17, 15) is 14.4 Å². The molecule has 4 amide bonds. The Bertz CT molecular complexity index is 215. The lowest BCUT2D eigenvalue weighted by molar-refractivity contribution is -0.184. The number of hydrogen-bond donors (Lipinski definition) is 2. The van der Waals surface area contributed by atoms with Crippen molar-refractivity contribution >= 4 is 17.8 Å². The number of carbonyl (C=O) groups is 3. The highest BCUT2D eigenvalue weighted by Gasteiger charge is 2.36. The Morgan fingerprint density at radius 1 is 1.00 bits per heavy atom. The van der Waals surface area contributed by atoms with Crippen LogP contribution in [0.25, 0.3) is 0 Å². The van der Waals surface area contributed by atoms with Gasteiger partial charge in [0.05, 0.1) is 0 Å². The maximum Gasteiger partial charge on any atom is 0.382 e. The molecule has 1 fully saturated rings. The van der Waals surface area contributed by atoms with Crippen LogP contribution in [0, 0.1) is 0 Å². The van der Waals surface area contributed by atoms with Crippen molar-refractivity contribution in [2.45, 2.75) is 6.42 Å². The van der Waals surface area contributed by atoms with Gasteiger partial charge < -0.3 is 0 Å². The molecule has 1 heterocycles. The van der Waals surface area contributed by atoms with Gasteiger partial charge in [-0.25, -0.2) is 4.79 Å². The van der Waals surface area contributed by atoms with E-state index in [2.05, 4.69) is 0 Å². The summed E-state index contributed by atoms with van der Waals surface area (Å²) in [6, 6.07) is -1.45. The molecule has 60 valence electrons. The first kappa shape index (κ1) is 7.63. The van der Waals surface area contributed by atoms with Crippen LogP contribution in [0.4, 0.5) is 4.79 Å². The number of imide groups is 2. The second kappa shape index (κ2) is 2.29. The molecule has 0 aliphatic carbocycles. The summed E-state index contributed by atoms with van der Waals surface area (Å²) in [5, 5.41) is 16.4. The molecule has 1 rings (SSSR count). The Labute approximate surface area is 60.3 Å². The van der Waals surface area contributed by atoms with E-state index in [0.717, 1.165) is 0 Å². The van der Waals surface area contributed by atoms with Crippen LogP contribution in [-0.4, -0.2) is 38.4 Å². The van der Waals surface area contributed by atoms with Crippen LogP contribution in [0.5, 0.6) is 0 Å². The number of amides is 4. The van der Waals surface area contributed by atoms with Gasteiger partial charge in [-0.2, -0.15) is 0 Å². The zero-order chi connectivity index (χ0) is 8.59. The Morgan fingerprint density at radius 3 is 1.73 bits per heavy atom. The largest absolute Gasteiger partial charge is 0.382 e. The van der Waals surface area contributed by atoms with E-state index in [1.54, 1.807) is 0 Å². The first-order chi connectivity index (χ1) is 5.04. The predicted octanol–water partition coefficient (Wildman–Crippen LogP) is -1.05. The van der Waals surface area contributed by atoms with Crippen molar-refractivity contribution in [2.24, 2.45) is 0 Å². The van der Waals surface area contributed by atoms with Crippen molar-refractivity contribution in [2.75, 3.05) is 0 Å². The van der Waals surface area contributed by atoms with Gasteiger partial charge in [-0.05, 0) is 0 Å². The van der Waals surface area contributed by atoms with Crippen LogP contribution in [-0.2, 0) is 9.59 Å². The highest BCUT2D eigenvalue weighted by Crippen LogP contribution is 2.06. The fourth-order valence-electron chi connectivity index (χ4n) is 0.582. The smallest absolute Gasteiger partial charge is 0.277 e. The molecule has 0 radical (unpaired) electrons. The number of urea groups is 1. The zero-order valence-corrected chi connectivity index (χ0v) is 5.22. The van der Waals surface area contributed by atoms with Gasteiger partial charge in [0.1, 0.15) is 6.42 Å². The molecule has 0 aromatic carbocycles. The van der Waals surface area contributed by atoms with Crippen LogP contribution >= 0.6 is 0 Å². The SMILES string of the molecule is O=C1CC(=O)N(O)C(=O)N1O. The average molecular weight is 160 g/mol. The van der Waals surface area contributed by atoms with Gasteiger partial charge in [-0.1, -0.05) is 0 Å². The zero-order valence-electron chi connectivity index (χ0n) is 5.22. The lowest BCUT2D eigenvalue weighted by Gasteiger charge is -2.22. The van der Waals surface area contributed by atoms with E-state index in [1.807, 2.05) is 0 Å². The molecule has 0 spiro atoms. The van der Waals surface area contributed by atoms with Gasteiger partial charge in [0.2, 0.25) is 0 Å². The molecule has 0 saturated carbocycles. The van der Waals surface area contributed by atoms with Gasteiger partial charge in [0, 0.05) is 0 Å². The third kappa shape index (κ3) is 1.06. The molecule has 0 aromatic heterocycles. The van der Waals surface area contributed by atoms with E-state index in [1.165, 1.54) is 0 Å². The van der Waals surface area contributed by atoms with Crippen molar-refractivity contribution in [1.29, 1.82) is 0 Å². The topological polar surface area (TPSA) is 98.2 Å². The van der Waals surface area contributed by atoms with Crippen molar-refractivity contribution in [3.8, 4) is 0 Å². The molecule has 11 heavy (non-hydrogen) atoms. The third-order valence-corrected chi connectivity index (χ3v) is 1.14. The molecule has 2 N–H and O–H groups in total. The monoisotopic (exact) mass is 160 g/mol. The minimum atomic E-state index is -1.45. The molecule has 1 saturated heterocycles. The Hall–Kier alpha value is -1.47. The summed E-state index contributed by atoms with van der Waals surface area (Å²) in [5.41, 5.74) is 0. The van der Waals surface area contributed by atoms with Gasteiger partial charge in [0.15, 0.2) is 0 Å². The highest BCUT2D eigenvalue weighted by atomic mass is 16.6. The van der Waals surface area contributed by atoms with Crippen molar-refractivity contribution in [3.05, 3.63) is 0 Å². The van der Waals surface area contributed by atoms with Crippen LogP contribution in [0.3, 0.4) is 0 Å². The van der Waals surface area contributed by atoms with Gasteiger partial charge in [-0.3, -0.25) is 20.0 Å². The van der Waals surface area contributed by atoms with Crippen LogP contribution in [0.1, 0.15) is 6.42 Å². The normalized spacial score (nSPS) is 19.6. The van der Waals surface area contributed by atoms with E-state index >= 15 is 0 Å². The summed E-state index contributed by atoms with van der Waals surface area (Å²) < 4.78 is 0. The van der Waals surface area contributed by atoms with Crippen LogP contribution < -0.4 is 0 Å². The van der Waals surface area contributed by atoms with Crippen LogP contribution in [0.15, 0.2) is 0 Å². The number of nitrogens with zero attached hydrogens (tertiary/aromatic N) is 2. The van der Waals surface area contributed by atoms with Crippen LogP contribution in [0.2, 0.25) is 0 Å².